The largest absolute Gasteiger partial charge is 0.481 e. The van der Waals surface area contributed by atoms with Crippen LogP contribution in [0.15, 0.2) is 6.20 Å². The van der Waals surface area contributed by atoms with Gasteiger partial charge in [0.25, 0.3) is 0 Å². The summed E-state index contributed by atoms with van der Waals surface area (Å²) in [6.45, 7) is 5.34. The van der Waals surface area contributed by atoms with Crippen molar-refractivity contribution in [1.82, 2.24) is 9.97 Å². The minimum atomic E-state index is -0.821. The predicted molar refractivity (Wildman–Crippen MR) is 66.6 cm³/mol. The van der Waals surface area contributed by atoms with Crippen molar-refractivity contribution in [1.29, 1.82) is 0 Å². The van der Waals surface area contributed by atoms with E-state index in [1.807, 2.05) is 13.8 Å². The van der Waals surface area contributed by atoms with E-state index in [0.717, 1.165) is 31.7 Å². The first-order valence-electron chi connectivity index (χ1n) is 6.45. The lowest BCUT2D eigenvalue weighted by Gasteiger charge is -2.20. The van der Waals surface area contributed by atoms with E-state index < -0.39 is 11.9 Å². The van der Waals surface area contributed by atoms with Gasteiger partial charge in [0.15, 0.2) is 0 Å². The zero-order chi connectivity index (χ0) is 13.1. The summed E-state index contributed by atoms with van der Waals surface area (Å²) in [6.07, 6.45) is 3.73. The minimum absolute atomic E-state index is 0.0242. The molecule has 0 saturated carbocycles. The van der Waals surface area contributed by atoms with Crippen molar-refractivity contribution < 1.29 is 14.6 Å². The lowest BCUT2D eigenvalue weighted by Crippen LogP contribution is -2.19. The van der Waals surface area contributed by atoms with E-state index in [0.29, 0.717) is 11.7 Å². The van der Waals surface area contributed by atoms with E-state index in [2.05, 4.69) is 9.97 Å². The zero-order valence-electron chi connectivity index (χ0n) is 10.8. The first-order chi connectivity index (χ1) is 8.59. The summed E-state index contributed by atoms with van der Waals surface area (Å²) in [4.78, 5) is 18.7. The van der Waals surface area contributed by atoms with Gasteiger partial charge in [-0.25, -0.2) is 4.98 Å². The molecule has 1 aliphatic heterocycles. The number of aromatic amines is 1. The van der Waals surface area contributed by atoms with Gasteiger partial charge < -0.3 is 14.8 Å². The van der Waals surface area contributed by atoms with E-state index >= 15 is 0 Å². The van der Waals surface area contributed by atoms with Gasteiger partial charge in [-0.2, -0.15) is 0 Å². The average Bonchev–Trinajstić information content (AvgIpc) is 2.78. The van der Waals surface area contributed by atoms with Gasteiger partial charge in [0.05, 0.1) is 0 Å². The van der Waals surface area contributed by atoms with Gasteiger partial charge in [0, 0.05) is 31.0 Å². The molecule has 1 atom stereocenters. The summed E-state index contributed by atoms with van der Waals surface area (Å²) in [5.74, 6) is -0.367. The van der Waals surface area contributed by atoms with Crippen LogP contribution in [0.2, 0.25) is 0 Å². The molecule has 0 spiro atoms. The second-order valence-corrected chi connectivity index (χ2v) is 5.17. The Balaban J connectivity index is 2.15. The third kappa shape index (κ3) is 2.72. The molecule has 0 bridgehead atoms. The van der Waals surface area contributed by atoms with Crippen LogP contribution < -0.4 is 0 Å². The van der Waals surface area contributed by atoms with Crippen molar-refractivity contribution >= 4 is 5.97 Å². The number of aromatic nitrogens is 2. The maximum atomic E-state index is 11.2. The Hall–Kier alpha value is -1.36. The second kappa shape index (κ2) is 5.52. The molecular weight excluding hydrogens is 232 g/mol. The fourth-order valence-corrected chi connectivity index (χ4v) is 2.44. The molecule has 0 aromatic carbocycles. The molecule has 1 aromatic heterocycles. The SMILES string of the molecule is CC(C)C(C(=O)O)c1ncc(C2CCOCC2)[nH]1. The Morgan fingerprint density at radius 1 is 1.50 bits per heavy atom. The molecule has 5 heteroatoms. The smallest absolute Gasteiger partial charge is 0.314 e. The van der Waals surface area contributed by atoms with Crippen LogP contribution in [0.4, 0.5) is 0 Å². The number of nitrogens with zero attached hydrogens (tertiary/aromatic N) is 1. The van der Waals surface area contributed by atoms with Crippen molar-refractivity contribution in [3.8, 4) is 0 Å². The molecule has 1 aliphatic rings. The van der Waals surface area contributed by atoms with Crippen LogP contribution in [-0.2, 0) is 9.53 Å². The number of carboxylic acids is 1. The monoisotopic (exact) mass is 252 g/mol. The van der Waals surface area contributed by atoms with E-state index in [-0.39, 0.29) is 5.92 Å². The van der Waals surface area contributed by atoms with Crippen molar-refractivity contribution in [3.05, 3.63) is 17.7 Å². The Bertz CT molecular complexity index is 408. The normalized spacial score (nSPS) is 19.1. The molecular formula is C13H20N2O3. The second-order valence-electron chi connectivity index (χ2n) is 5.17. The van der Waals surface area contributed by atoms with Gasteiger partial charge in [-0.3, -0.25) is 4.79 Å². The Morgan fingerprint density at radius 3 is 2.72 bits per heavy atom. The quantitative estimate of drug-likeness (QED) is 0.860. The Labute approximate surface area is 107 Å². The van der Waals surface area contributed by atoms with Crippen molar-refractivity contribution in [2.24, 2.45) is 5.92 Å². The standard InChI is InChI=1S/C13H20N2O3/c1-8(2)11(13(16)17)12-14-7-10(15-12)9-3-5-18-6-4-9/h7-9,11H,3-6H2,1-2H3,(H,14,15)(H,16,17). The van der Waals surface area contributed by atoms with E-state index in [4.69, 9.17) is 4.74 Å². The fraction of sp³-hybridized carbons (Fsp3) is 0.692. The van der Waals surface area contributed by atoms with E-state index in [1.54, 1.807) is 6.20 Å². The number of H-pyrrole nitrogens is 1. The topological polar surface area (TPSA) is 75.2 Å². The number of rotatable bonds is 4. The predicted octanol–water partition coefficient (Wildman–Crippen LogP) is 2.13. The molecule has 0 radical (unpaired) electrons. The van der Waals surface area contributed by atoms with Crippen molar-refractivity contribution in [3.63, 3.8) is 0 Å². The molecule has 1 saturated heterocycles. The Kier molecular flexibility index (Phi) is 4.01. The first-order valence-corrected chi connectivity index (χ1v) is 6.45. The third-order valence-corrected chi connectivity index (χ3v) is 3.50. The number of nitrogens with one attached hydrogen (secondary N) is 1. The van der Waals surface area contributed by atoms with Crippen LogP contribution in [0.25, 0.3) is 0 Å². The molecule has 5 nitrogen and oxygen atoms in total. The highest BCUT2D eigenvalue weighted by molar-refractivity contribution is 5.75. The van der Waals surface area contributed by atoms with Crippen LogP contribution in [0.1, 0.15) is 50.0 Å². The summed E-state index contributed by atoms with van der Waals surface area (Å²) in [5.41, 5.74) is 1.04. The molecule has 2 rings (SSSR count). The highest BCUT2D eigenvalue weighted by atomic mass is 16.5. The molecule has 1 unspecified atom stereocenters. The van der Waals surface area contributed by atoms with E-state index in [1.165, 1.54) is 0 Å². The van der Waals surface area contributed by atoms with Gasteiger partial charge in [-0.05, 0) is 18.8 Å². The molecule has 2 N–H and O–H groups in total. The molecule has 18 heavy (non-hydrogen) atoms. The number of hydrogen-bond acceptors (Lipinski definition) is 3. The number of ether oxygens (including phenoxy) is 1. The fourth-order valence-electron chi connectivity index (χ4n) is 2.44. The minimum Gasteiger partial charge on any atom is -0.481 e. The molecule has 1 aromatic rings. The van der Waals surface area contributed by atoms with Crippen LogP contribution in [0, 0.1) is 5.92 Å². The van der Waals surface area contributed by atoms with Crippen LogP contribution in [0.5, 0.6) is 0 Å². The third-order valence-electron chi connectivity index (χ3n) is 3.50. The van der Waals surface area contributed by atoms with Gasteiger partial charge in [0.2, 0.25) is 0 Å². The average molecular weight is 252 g/mol. The highest BCUT2D eigenvalue weighted by Crippen LogP contribution is 2.28. The van der Waals surface area contributed by atoms with Gasteiger partial charge in [-0.1, -0.05) is 13.8 Å². The lowest BCUT2D eigenvalue weighted by molar-refractivity contribution is -0.140. The van der Waals surface area contributed by atoms with Gasteiger partial charge in [-0.15, -0.1) is 0 Å². The summed E-state index contributed by atoms with van der Waals surface area (Å²) in [7, 11) is 0. The van der Waals surface area contributed by atoms with Crippen LogP contribution >= 0.6 is 0 Å². The van der Waals surface area contributed by atoms with Crippen molar-refractivity contribution in [2.75, 3.05) is 13.2 Å². The number of carbonyl (C=O) groups is 1. The van der Waals surface area contributed by atoms with Crippen LogP contribution in [0.3, 0.4) is 0 Å². The van der Waals surface area contributed by atoms with E-state index in [9.17, 15) is 9.90 Å². The van der Waals surface area contributed by atoms with Gasteiger partial charge >= 0.3 is 5.97 Å². The number of hydrogen-bond donors (Lipinski definition) is 2. The maximum Gasteiger partial charge on any atom is 0.314 e. The summed E-state index contributed by atoms with van der Waals surface area (Å²) < 4.78 is 5.32. The Morgan fingerprint density at radius 2 is 2.17 bits per heavy atom. The zero-order valence-corrected chi connectivity index (χ0v) is 10.8. The molecule has 2 heterocycles. The first kappa shape index (κ1) is 13.1. The lowest BCUT2D eigenvalue weighted by atomic mass is 9.95. The highest BCUT2D eigenvalue weighted by Gasteiger charge is 2.27. The number of imidazole rings is 1. The summed E-state index contributed by atoms with van der Waals surface area (Å²) in [5, 5.41) is 9.24. The summed E-state index contributed by atoms with van der Waals surface area (Å²) in [6, 6.07) is 0. The molecule has 100 valence electrons. The molecule has 0 amide bonds. The number of aliphatic carboxylic acids is 1. The molecule has 0 aliphatic carbocycles. The number of carboxylic acid groups (broad SMARTS) is 1. The summed E-state index contributed by atoms with van der Waals surface area (Å²) >= 11 is 0. The van der Waals surface area contributed by atoms with Crippen molar-refractivity contribution in [2.45, 2.75) is 38.5 Å². The molecule has 1 fully saturated rings. The van der Waals surface area contributed by atoms with Gasteiger partial charge in [0.1, 0.15) is 11.7 Å². The van der Waals surface area contributed by atoms with Crippen LogP contribution in [-0.4, -0.2) is 34.3 Å². The maximum absolute atomic E-state index is 11.2.